The summed E-state index contributed by atoms with van der Waals surface area (Å²) in [6, 6.07) is 3.66. The molecule has 1 saturated heterocycles. The van der Waals surface area contributed by atoms with Crippen molar-refractivity contribution >= 4 is 28.6 Å². The molecule has 39 heavy (non-hydrogen) atoms. The van der Waals surface area contributed by atoms with E-state index in [-0.39, 0.29) is 6.04 Å². The number of fused-ring (bicyclic) bond motifs is 2. The Bertz CT molecular complexity index is 1400. The number of hydrogen-bond donors (Lipinski definition) is 2. The zero-order valence-electron chi connectivity index (χ0n) is 21.7. The molecule has 3 aromatic rings. The average molecular weight is 546 g/mol. The van der Waals surface area contributed by atoms with Gasteiger partial charge < -0.3 is 20.1 Å². The van der Waals surface area contributed by atoms with Crippen molar-refractivity contribution in [3.8, 4) is 5.75 Å². The molecule has 13 heteroatoms. The molecular weight excluding hydrogens is 515 g/mol. The number of nitrogens with one attached hydrogen (secondary N) is 2. The first-order chi connectivity index (χ1) is 18.7. The highest BCUT2D eigenvalue weighted by Gasteiger charge is 2.46. The molecule has 2 N–H and O–H groups in total. The number of nitrogens with zero attached hydrogens (tertiary/aromatic N) is 5. The van der Waals surface area contributed by atoms with Gasteiger partial charge in [0.05, 0.1) is 30.4 Å². The van der Waals surface area contributed by atoms with Gasteiger partial charge in [-0.25, -0.2) is 14.5 Å². The Kier molecular flexibility index (Phi) is 6.37. The highest BCUT2D eigenvalue weighted by molar-refractivity contribution is 5.77. The van der Waals surface area contributed by atoms with Crippen molar-refractivity contribution < 1.29 is 27.4 Å². The minimum Gasteiger partial charge on any atom is -0.495 e. The Hall–Kier alpha value is -3.45. The van der Waals surface area contributed by atoms with Gasteiger partial charge in [-0.1, -0.05) is 0 Å². The van der Waals surface area contributed by atoms with Gasteiger partial charge in [0.25, 0.3) is 0 Å². The van der Waals surface area contributed by atoms with Gasteiger partial charge in [-0.05, 0) is 75.4 Å². The van der Waals surface area contributed by atoms with Crippen LogP contribution < -0.4 is 15.4 Å². The maximum absolute atomic E-state index is 13.0. The van der Waals surface area contributed by atoms with Crippen molar-refractivity contribution in [2.24, 2.45) is 5.41 Å². The molecule has 0 amide bonds. The van der Waals surface area contributed by atoms with E-state index in [1.54, 1.807) is 36.5 Å². The molecule has 4 heterocycles. The monoisotopic (exact) mass is 545 g/mol. The number of alkyl halides is 3. The average Bonchev–Trinajstić information content (AvgIpc) is 3.31. The molecule has 2 aliphatic heterocycles. The Morgan fingerprint density at radius 1 is 1.21 bits per heavy atom. The van der Waals surface area contributed by atoms with E-state index >= 15 is 0 Å². The fraction of sp³-hybridized carbons (Fsp3) is 0.538. The minimum absolute atomic E-state index is 0.279. The number of benzene rings is 1. The number of rotatable bonds is 5. The van der Waals surface area contributed by atoms with Gasteiger partial charge in [0.15, 0.2) is 11.9 Å². The van der Waals surface area contributed by atoms with Crippen LogP contribution >= 0.6 is 0 Å². The van der Waals surface area contributed by atoms with E-state index in [1.807, 2.05) is 4.68 Å². The fourth-order valence-corrected chi connectivity index (χ4v) is 6.09. The van der Waals surface area contributed by atoms with Crippen molar-refractivity contribution in [3.05, 3.63) is 35.7 Å². The number of piperidine rings is 1. The maximum Gasteiger partial charge on any atom is 0.490 e. The Morgan fingerprint density at radius 3 is 2.69 bits per heavy atom. The van der Waals surface area contributed by atoms with E-state index < -0.39 is 18.4 Å². The van der Waals surface area contributed by atoms with Gasteiger partial charge in [0.1, 0.15) is 5.75 Å². The SMILES string of the molecule is COc1cc2c(cc1Nc1ncc3cnn(C4CC5(CCNCC5)C4)c3n1)C(OC(=O)C(F)(F)F)N(C)CC2. The second-order valence-electron chi connectivity index (χ2n) is 10.7. The lowest BCUT2D eigenvalue weighted by Crippen LogP contribution is -2.46. The summed E-state index contributed by atoms with van der Waals surface area (Å²) < 4.78 is 51.3. The third-order valence-electron chi connectivity index (χ3n) is 8.24. The number of esters is 1. The first-order valence-electron chi connectivity index (χ1n) is 13.0. The summed E-state index contributed by atoms with van der Waals surface area (Å²) in [5.41, 5.74) is 2.73. The van der Waals surface area contributed by atoms with Gasteiger partial charge in [-0.2, -0.15) is 23.3 Å². The largest absolute Gasteiger partial charge is 0.495 e. The lowest BCUT2D eigenvalue weighted by Gasteiger charge is -2.50. The van der Waals surface area contributed by atoms with Crippen molar-refractivity contribution in [2.45, 2.75) is 50.6 Å². The number of aromatic nitrogens is 4. The van der Waals surface area contributed by atoms with Crippen LogP contribution in [0.25, 0.3) is 11.0 Å². The number of likely N-dealkylation sites (N-methyl/N-ethyl adjacent to an activating group) is 1. The quantitative estimate of drug-likeness (QED) is 0.462. The lowest BCUT2D eigenvalue weighted by atomic mass is 9.60. The molecule has 2 aromatic heterocycles. The van der Waals surface area contributed by atoms with Crippen LogP contribution in [0.3, 0.4) is 0 Å². The number of ether oxygens (including phenoxy) is 2. The number of carbonyl (C=O) groups excluding carboxylic acids is 1. The summed E-state index contributed by atoms with van der Waals surface area (Å²) in [6.07, 6.45) is 2.23. The van der Waals surface area contributed by atoms with Gasteiger partial charge in [-0.15, -0.1) is 0 Å². The van der Waals surface area contributed by atoms with Crippen LogP contribution in [0, 0.1) is 5.41 Å². The van der Waals surface area contributed by atoms with E-state index in [2.05, 4.69) is 20.7 Å². The zero-order chi connectivity index (χ0) is 27.4. The van der Waals surface area contributed by atoms with Crippen LogP contribution in [0.1, 0.15) is 49.1 Å². The Morgan fingerprint density at radius 2 is 1.97 bits per heavy atom. The van der Waals surface area contributed by atoms with Crippen LogP contribution in [0.4, 0.5) is 24.8 Å². The van der Waals surface area contributed by atoms with E-state index in [1.165, 1.54) is 20.0 Å². The normalized spacial score (nSPS) is 21.4. The maximum atomic E-state index is 13.0. The van der Waals surface area contributed by atoms with Crippen LogP contribution in [-0.4, -0.2) is 70.6 Å². The van der Waals surface area contributed by atoms with Crippen molar-refractivity contribution in [1.82, 2.24) is 30.0 Å². The van der Waals surface area contributed by atoms with Crippen molar-refractivity contribution in [1.29, 1.82) is 0 Å². The molecule has 0 radical (unpaired) electrons. The molecule has 0 bridgehead atoms. The first kappa shape index (κ1) is 25.8. The molecule has 1 saturated carbocycles. The highest BCUT2D eigenvalue weighted by Crippen LogP contribution is 2.54. The molecule has 1 unspecified atom stereocenters. The molecule has 2 fully saturated rings. The lowest BCUT2D eigenvalue weighted by molar-refractivity contribution is -0.213. The molecule has 1 aliphatic carbocycles. The van der Waals surface area contributed by atoms with Crippen LogP contribution in [0.15, 0.2) is 24.5 Å². The minimum atomic E-state index is -5.09. The van der Waals surface area contributed by atoms with Gasteiger partial charge in [-0.3, -0.25) is 4.90 Å². The number of hydrogen-bond acceptors (Lipinski definition) is 9. The van der Waals surface area contributed by atoms with E-state index in [0.29, 0.717) is 41.3 Å². The van der Waals surface area contributed by atoms with Crippen molar-refractivity contribution in [3.63, 3.8) is 0 Å². The first-order valence-corrected chi connectivity index (χ1v) is 13.0. The second-order valence-corrected chi connectivity index (χ2v) is 10.7. The summed E-state index contributed by atoms with van der Waals surface area (Å²) in [7, 11) is 3.12. The molecule has 208 valence electrons. The predicted octanol–water partition coefficient (Wildman–Crippen LogP) is 3.88. The number of halogens is 3. The highest BCUT2D eigenvalue weighted by atomic mass is 19.4. The number of anilines is 2. The second kappa shape index (κ2) is 9.63. The third-order valence-corrected chi connectivity index (χ3v) is 8.24. The van der Waals surface area contributed by atoms with Crippen molar-refractivity contribution in [2.75, 3.05) is 39.1 Å². The molecule has 10 nitrogen and oxygen atoms in total. The standard InChI is InChI=1S/C26H30F3N7O3/c1-35-8-3-15-9-20(38-2)19(10-18(15)22(35)39-23(37)26(27,28)29)33-24-31-13-16-14-32-36(21(16)34-24)17-11-25(12-17)4-6-30-7-5-25/h9-10,13-14,17,22,30H,3-8,11-12H2,1-2H3,(H,31,33,34). The summed E-state index contributed by atoms with van der Waals surface area (Å²) in [6.45, 7) is 2.52. The summed E-state index contributed by atoms with van der Waals surface area (Å²) in [5, 5.41) is 12.0. The molecule has 1 spiro atoms. The zero-order valence-corrected chi connectivity index (χ0v) is 21.7. The van der Waals surface area contributed by atoms with Crippen LogP contribution in [-0.2, 0) is 16.0 Å². The Labute approximate surface area is 222 Å². The molecular formula is C26H30F3N7O3. The van der Waals surface area contributed by atoms with Crippen LogP contribution in [0.2, 0.25) is 0 Å². The molecule has 1 atom stereocenters. The van der Waals surface area contributed by atoms with E-state index in [9.17, 15) is 18.0 Å². The molecule has 6 rings (SSSR count). The predicted molar refractivity (Wildman–Crippen MR) is 136 cm³/mol. The van der Waals surface area contributed by atoms with Gasteiger partial charge >= 0.3 is 12.1 Å². The summed E-state index contributed by atoms with van der Waals surface area (Å²) in [4.78, 5) is 22.4. The molecule has 3 aliphatic rings. The topological polar surface area (TPSA) is 106 Å². The smallest absolute Gasteiger partial charge is 0.490 e. The summed E-state index contributed by atoms with van der Waals surface area (Å²) in [5.74, 6) is -1.46. The number of carbonyl (C=O) groups is 1. The third kappa shape index (κ3) is 4.78. The van der Waals surface area contributed by atoms with Gasteiger partial charge in [0, 0.05) is 18.3 Å². The van der Waals surface area contributed by atoms with E-state index in [4.69, 9.17) is 14.5 Å². The molecule has 1 aromatic carbocycles. The van der Waals surface area contributed by atoms with Crippen LogP contribution in [0.5, 0.6) is 5.75 Å². The number of methoxy groups -OCH3 is 1. The fourth-order valence-electron chi connectivity index (χ4n) is 6.09. The van der Waals surface area contributed by atoms with E-state index in [0.717, 1.165) is 42.5 Å². The Balaban J connectivity index is 1.28. The summed E-state index contributed by atoms with van der Waals surface area (Å²) >= 11 is 0. The van der Waals surface area contributed by atoms with Gasteiger partial charge in [0.2, 0.25) is 5.95 Å².